The van der Waals surface area contributed by atoms with Gasteiger partial charge in [-0.05, 0) is 19.1 Å². The zero-order chi connectivity index (χ0) is 11.0. The summed E-state index contributed by atoms with van der Waals surface area (Å²) in [6.07, 6.45) is 0. The molecule has 1 aromatic heterocycles. The molecule has 0 aliphatic carbocycles. The van der Waals surface area contributed by atoms with Crippen molar-refractivity contribution in [2.24, 2.45) is 0 Å². The molecule has 1 aromatic carbocycles. The highest BCUT2D eigenvalue weighted by Crippen LogP contribution is 2.17. The van der Waals surface area contributed by atoms with Crippen molar-refractivity contribution in [1.29, 1.82) is 0 Å². The minimum absolute atomic E-state index is 0.539. The number of aryl methyl sites for hydroxylation is 1. The van der Waals surface area contributed by atoms with Crippen LogP contribution in [0.15, 0.2) is 18.2 Å². The Labute approximate surface area is 87.7 Å². The van der Waals surface area contributed by atoms with Crippen LogP contribution in [0.5, 0.6) is 5.75 Å². The van der Waals surface area contributed by atoms with Gasteiger partial charge in [0.05, 0.1) is 13.2 Å². The molecule has 0 fully saturated rings. The van der Waals surface area contributed by atoms with Gasteiger partial charge in [0, 0.05) is 6.92 Å². The summed E-state index contributed by atoms with van der Waals surface area (Å²) < 4.78 is 5.96. The molecular weight excluding hydrogens is 192 g/mol. The molecule has 0 unspecified atom stereocenters. The predicted molar refractivity (Wildman–Crippen MR) is 56.7 cm³/mol. The van der Waals surface area contributed by atoms with Gasteiger partial charge in [0.15, 0.2) is 0 Å². The molecule has 0 saturated carbocycles. The van der Waals surface area contributed by atoms with Crippen molar-refractivity contribution in [3.05, 3.63) is 34.8 Å². The Bertz CT molecular complexity index is 523. The summed E-state index contributed by atoms with van der Waals surface area (Å²) in [5.41, 5.74) is 2.60. The third kappa shape index (κ3) is 1.48. The van der Waals surface area contributed by atoms with Crippen LogP contribution >= 0.6 is 0 Å². The Balaban J connectivity index is 2.81. The van der Waals surface area contributed by atoms with Crippen LogP contribution < -0.4 is 9.47 Å². The maximum Gasteiger partial charge on any atom is 0.246 e. The first kappa shape index (κ1) is 9.71. The standard InChI is InChI=1S/C11H12N2O2/c1-7-8(2)13(14)11-6-9(15-3)4-5-10(11)12-7/h4-6H,1-3H3. The first-order chi connectivity index (χ1) is 7.13. The zero-order valence-electron chi connectivity index (χ0n) is 8.94. The molecule has 4 heteroatoms. The van der Waals surface area contributed by atoms with Gasteiger partial charge in [-0.1, -0.05) is 0 Å². The zero-order valence-corrected chi connectivity index (χ0v) is 8.94. The number of methoxy groups -OCH3 is 1. The summed E-state index contributed by atoms with van der Waals surface area (Å²) in [5.74, 6) is 0.664. The lowest BCUT2D eigenvalue weighted by molar-refractivity contribution is -0.585. The Kier molecular flexibility index (Phi) is 2.19. The lowest BCUT2D eigenvalue weighted by Gasteiger charge is -2.07. The highest BCUT2D eigenvalue weighted by molar-refractivity contribution is 5.73. The van der Waals surface area contributed by atoms with Gasteiger partial charge in [0.1, 0.15) is 17.0 Å². The maximum absolute atomic E-state index is 11.8. The van der Waals surface area contributed by atoms with Crippen LogP contribution in [0.2, 0.25) is 0 Å². The van der Waals surface area contributed by atoms with Crippen LogP contribution in [0.4, 0.5) is 0 Å². The van der Waals surface area contributed by atoms with E-state index < -0.39 is 0 Å². The molecule has 78 valence electrons. The van der Waals surface area contributed by atoms with Crippen molar-refractivity contribution in [3.63, 3.8) is 0 Å². The van der Waals surface area contributed by atoms with Crippen molar-refractivity contribution in [3.8, 4) is 5.75 Å². The molecule has 0 aliphatic rings. The average Bonchev–Trinajstić information content (AvgIpc) is 2.26. The number of nitrogens with zero attached hydrogens (tertiary/aromatic N) is 2. The molecule has 2 rings (SSSR count). The van der Waals surface area contributed by atoms with E-state index in [0.717, 1.165) is 10.4 Å². The topological polar surface area (TPSA) is 49.1 Å². The number of hydrogen-bond acceptors (Lipinski definition) is 3. The quantitative estimate of drug-likeness (QED) is 0.522. The second-order valence-electron chi connectivity index (χ2n) is 3.43. The second kappa shape index (κ2) is 3.38. The minimum atomic E-state index is 0.539. The van der Waals surface area contributed by atoms with Gasteiger partial charge in [0.25, 0.3) is 0 Å². The third-order valence-electron chi connectivity index (χ3n) is 2.52. The largest absolute Gasteiger partial charge is 0.618 e. The molecule has 0 saturated heterocycles. The average molecular weight is 204 g/mol. The predicted octanol–water partition coefficient (Wildman–Crippen LogP) is 1.49. The molecule has 0 aliphatic heterocycles. The maximum atomic E-state index is 11.8. The smallest absolute Gasteiger partial charge is 0.246 e. The van der Waals surface area contributed by atoms with Crippen molar-refractivity contribution in [2.75, 3.05) is 7.11 Å². The molecule has 0 bridgehead atoms. The van der Waals surface area contributed by atoms with Gasteiger partial charge in [-0.15, -0.1) is 0 Å². The number of hydrogen-bond donors (Lipinski definition) is 0. The van der Waals surface area contributed by atoms with Gasteiger partial charge in [-0.3, -0.25) is 0 Å². The molecule has 0 amide bonds. The van der Waals surface area contributed by atoms with Gasteiger partial charge < -0.3 is 9.94 Å². The number of rotatable bonds is 1. The van der Waals surface area contributed by atoms with E-state index in [2.05, 4.69) is 4.98 Å². The number of aromatic nitrogens is 2. The van der Waals surface area contributed by atoms with E-state index in [1.165, 1.54) is 0 Å². The van der Waals surface area contributed by atoms with Crippen LogP contribution in [-0.2, 0) is 0 Å². The van der Waals surface area contributed by atoms with Crippen LogP contribution in [-0.4, -0.2) is 12.1 Å². The van der Waals surface area contributed by atoms with E-state index in [1.807, 2.05) is 6.92 Å². The van der Waals surface area contributed by atoms with E-state index >= 15 is 0 Å². The van der Waals surface area contributed by atoms with E-state index in [1.54, 1.807) is 32.2 Å². The molecule has 4 nitrogen and oxygen atoms in total. The van der Waals surface area contributed by atoms with Crippen molar-refractivity contribution >= 4 is 11.0 Å². The van der Waals surface area contributed by atoms with Gasteiger partial charge in [0.2, 0.25) is 11.2 Å². The molecule has 0 atom stereocenters. The van der Waals surface area contributed by atoms with Crippen LogP contribution in [0, 0.1) is 19.1 Å². The van der Waals surface area contributed by atoms with E-state index in [-0.39, 0.29) is 0 Å². The summed E-state index contributed by atoms with van der Waals surface area (Å²) in [7, 11) is 1.57. The molecule has 2 aromatic rings. The lowest BCUT2D eigenvalue weighted by atomic mass is 10.2. The van der Waals surface area contributed by atoms with E-state index in [9.17, 15) is 5.21 Å². The Morgan fingerprint density at radius 3 is 2.73 bits per heavy atom. The van der Waals surface area contributed by atoms with Crippen LogP contribution in [0.1, 0.15) is 11.4 Å². The van der Waals surface area contributed by atoms with Crippen molar-refractivity contribution in [1.82, 2.24) is 4.98 Å². The summed E-state index contributed by atoms with van der Waals surface area (Å²) in [4.78, 5) is 4.34. The van der Waals surface area contributed by atoms with Crippen molar-refractivity contribution in [2.45, 2.75) is 13.8 Å². The Hall–Kier alpha value is -1.84. The normalized spacial score (nSPS) is 10.6. The summed E-state index contributed by atoms with van der Waals surface area (Å²) in [6.45, 7) is 3.58. The van der Waals surface area contributed by atoms with Crippen LogP contribution in [0.25, 0.3) is 11.0 Å². The highest BCUT2D eigenvalue weighted by atomic mass is 16.5. The lowest BCUT2D eigenvalue weighted by Crippen LogP contribution is -2.32. The van der Waals surface area contributed by atoms with E-state index in [4.69, 9.17) is 4.74 Å². The Morgan fingerprint density at radius 2 is 2.07 bits per heavy atom. The van der Waals surface area contributed by atoms with Crippen LogP contribution in [0.3, 0.4) is 0 Å². The highest BCUT2D eigenvalue weighted by Gasteiger charge is 2.12. The number of benzene rings is 1. The summed E-state index contributed by atoms with van der Waals surface area (Å²) in [5, 5.41) is 11.8. The fraction of sp³-hybridized carbons (Fsp3) is 0.273. The molecule has 0 N–H and O–H groups in total. The molecule has 1 heterocycles. The van der Waals surface area contributed by atoms with Gasteiger partial charge in [-0.25, -0.2) is 4.98 Å². The molecular formula is C11H12N2O2. The van der Waals surface area contributed by atoms with Crippen molar-refractivity contribution < 1.29 is 9.47 Å². The Morgan fingerprint density at radius 1 is 1.33 bits per heavy atom. The fourth-order valence-electron chi connectivity index (χ4n) is 1.48. The monoisotopic (exact) mass is 204 g/mol. The first-order valence-corrected chi connectivity index (χ1v) is 4.68. The second-order valence-corrected chi connectivity index (χ2v) is 3.43. The van der Waals surface area contributed by atoms with Gasteiger partial charge in [-0.2, -0.15) is 4.73 Å². The number of fused-ring (bicyclic) bond motifs is 1. The molecule has 0 radical (unpaired) electrons. The molecule has 0 spiro atoms. The molecule has 15 heavy (non-hydrogen) atoms. The minimum Gasteiger partial charge on any atom is -0.618 e. The first-order valence-electron chi connectivity index (χ1n) is 4.68. The summed E-state index contributed by atoms with van der Waals surface area (Å²) in [6, 6.07) is 5.28. The summed E-state index contributed by atoms with van der Waals surface area (Å²) >= 11 is 0. The third-order valence-corrected chi connectivity index (χ3v) is 2.52. The van der Waals surface area contributed by atoms with E-state index in [0.29, 0.717) is 22.5 Å². The van der Waals surface area contributed by atoms with Gasteiger partial charge >= 0.3 is 0 Å². The SMILES string of the molecule is COc1ccc2nc(C)c(C)[n+]([O-])c2c1. The number of ether oxygens (including phenoxy) is 1. The fourth-order valence-corrected chi connectivity index (χ4v) is 1.48.